The highest BCUT2D eigenvalue weighted by Gasteiger charge is 2.27. The van der Waals surface area contributed by atoms with Crippen LogP contribution in [0.5, 0.6) is 5.75 Å². The number of aryl methyl sites for hydroxylation is 1. The summed E-state index contributed by atoms with van der Waals surface area (Å²) in [5.74, 6) is 0.201. The number of hydrogen-bond acceptors (Lipinski definition) is 2. The van der Waals surface area contributed by atoms with Crippen molar-refractivity contribution < 1.29 is 9.13 Å². The monoisotopic (exact) mass is 285 g/mol. The van der Waals surface area contributed by atoms with Crippen LogP contribution in [-0.4, -0.2) is 7.11 Å². The van der Waals surface area contributed by atoms with Crippen molar-refractivity contribution in [2.45, 2.75) is 25.3 Å². The number of methoxy groups -OCH3 is 1. The number of hydrogen-bond donors (Lipinski definition) is 1. The van der Waals surface area contributed by atoms with Gasteiger partial charge in [0.2, 0.25) is 0 Å². The fourth-order valence-corrected chi connectivity index (χ4v) is 3.23. The van der Waals surface area contributed by atoms with Crippen LogP contribution in [0.1, 0.15) is 29.2 Å². The van der Waals surface area contributed by atoms with Crippen LogP contribution in [0.2, 0.25) is 0 Å². The lowest BCUT2D eigenvalue weighted by atomic mass is 9.78. The summed E-state index contributed by atoms with van der Waals surface area (Å²) in [6.45, 7) is 0. The summed E-state index contributed by atoms with van der Waals surface area (Å²) in [6.07, 6.45) is 2.92. The molecule has 0 aromatic heterocycles. The predicted octanol–water partition coefficient (Wildman–Crippen LogP) is 3.64. The van der Waals surface area contributed by atoms with Crippen molar-refractivity contribution >= 4 is 0 Å². The van der Waals surface area contributed by atoms with Crippen LogP contribution in [0, 0.1) is 11.7 Å². The minimum absolute atomic E-state index is 0.263. The standard InChI is InChI=1S/C18H20FNO/c1-21-16-8-4-7-15(17(16)19)18(20)14-10-9-12-5-2-3-6-13(12)11-14/h2-8,14,18H,9-11,20H2,1H3. The topological polar surface area (TPSA) is 35.2 Å². The number of benzene rings is 2. The van der Waals surface area contributed by atoms with E-state index in [1.165, 1.54) is 18.2 Å². The average molecular weight is 285 g/mol. The molecule has 3 rings (SSSR count). The van der Waals surface area contributed by atoms with Gasteiger partial charge in [-0.3, -0.25) is 0 Å². The number of fused-ring (bicyclic) bond motifs is 1. The molecule has 2 aromatic carbocycles. The van der Waals surface area contributed by atoms with Crippen LogP contribution in [0.15, 0.2) is 42.5 Å². The summed E-state index contributed by atoms with van der Waals surface area (Å²) in [6, 6.07) is 13.3. The van der Waals surface area contributed by atoms with E-state index in [1.54, 1.807) is 18.2 Å². The molecule has 0 spiro atoms. The zero-order valence-corrected chi connectivity index (χ0v) is 12.2. The Kier molecular flexibility index (Phi) is 3.93. The largest absolute Gasteiger partial charge is 0.494 e. The van der Waals surface area contributed by atoms with Crippen molar-refractivity contribution in [1.29, 1.82) is 0 Å². The van der Waals surface area contributed by atoms with Gasteiger partial charge in [-0.05, 0) is 42.4 Å². The number of halogens is 1. The van der Waals surface area contributed by atoms with Gasteiger partial charge in [0, 0.05) is 11.6 Å². The van der Waals surface area contributed by atoms with E-state index in [9.17, 15) is 4.39 Å². The molecular weight excluding hydrogens is 265 g/mol. The van der Waals surface area contributed by atoms with E-state index < -0.39 is 0 Å². The molecule has 1 aliphatic carbocycles. The third kappa shape index (κ3) is 2.66. The zero-order valence-electron chi connectivity index (χ0n) is 12.2. The molecule has 0 amide bonds. The van der Waals surface area contributed by atoms with Gasteiger partial charge in [0.25, 0.3) is 0 Å². The van der Waals surface area contributed by atoms with Crippen LogP contribution in [0.25, 0.3) is 0 Å². The molecular formula is C18H20FNO. The Morgan fingerprint density at radius 3 is 2.67 bits per heavy atom. The lowest BCUT2D eigenvalue weighted by molar-refractivity contribution is 0.355. The average Bonchev–Trinajstić information content (AvgIpc) is 2.54. The second-order valence-electron chi connectivity index (χ2n) is 5.66. The molecule has 110 valence electrons. The normalized spacial score (nSPS) is 18.9. The molecule has 2 unspecified atom stereocenters. The molecule has 1 aliphatic rings. The number of ether oxygens (including phenoxy) is 1. The van der Waals surface area contributed by atoms with Gasteiger partial charge < -0.3 is 10.5 Å². The molecule has 3 heteroatoms. The number of rotatable bonds is 3. The quantitative estimate of drug-likeness (QED) is 0.934. The first-order valence-electron chi connectivity index (χ1n) is 7.35. The fourth-order valence-electron chi connectivity index (χ4n) is 3.23. The van der Waals surface area contributed by atoms with E-state index in [4.69, 9.17) is 10.5 Å². The van der Waals surface area contributed by atoms with E-state index in [2.05, 4.69) is 24.3 Å². The number of nitrogens with two attached hydrogens (primary N) is 1. The molecule has 0 bridgehead atoms. The van der Waals surface area contributed by atoms with Gasteiger partial charge in [0.05, 0.1) is 7.11 Å². The minimum Gasteiger partial charge on any atom is -0.494 e. The Morgan fingerprint density at radius 2 is 1.90 bits per heavy atom. The van der Waals surface area contributed by atoms with E-state index in [1.807, 2.05) is 0 Å². The highest BCUT2D eigenvalue weighted by molar-refractivity contribution is 5.35. The van der Waals surface area contributed by atoms with Gasteiger partial charge in [-0.2, -0.15) is 0 Å². The Hall–Kier alpha value is -1.87. The van der Waals surface area contributed by atoms with Crippen molar-refractivity contribution in [3.05, 3.63) is 65.0 Å². The fraction of sp³-hybridized carbons (Fsp3) is 0.333. The van der Waals surface area contributed by atoms with Gasteiger partial charge in [-0.1, -0.05) is 36.4 Å². The van der Waals surface area contributed by atoms with Crippen LogP contribution in [-0.2, 0) is 12.8 Å². The molecule has 2 aromatic rings. The molecule has 2 atom stereocenters. The summed E-state index contributed by atoms with van der Waals surface area (Å²) in [5, 5.41) is 0. The minimum atomic E-state index is -0.327. The van der Waals surface area contributed by atoms with E-state index >= 15 is 0 Å². The second kappa shape index (κ2) is 5.86. The van der Waals surface area contributed by atoms with Crippen LogP contribution in [0.3, 0.4) is 0 Å². The van der Waals surface area contributed by atoms with Crippen molar-refractivity contribution in [3.8, 4) is 5.75 Å². The Labute approximate surface area is 124 Å². The summed E-state index contributed by atoms with van der Waals surface area (Å²) in [4.78, 5) is 0. The van der Waals surface area contributed by atoms with Crippen molar-refractivity contribution in [3.63, 3.8) is 0 Å². The third-order valence-electron chi connectivity index (χ3n) is 4.47. The lowest BCUT2D eigenvalue weighted by Gasteiger charge is -2.30. The van der Waals surface area contributed by atoms with Gasteiger partial charge in [-0.25, -0.2) is 4.39 Å². The summed E-state index contributed by atoms with van der Waals surface area (Å²) >= 11 is 0. The van der Waals surface area contributed by atoms with Gasteiger partial charge in [0.15, 0.2) is 11.6 Å². The predicted molar refractivity (Wildman–Crippen MR) is 81.8 cm³/mol. The Morgan fingerprint density at radius 1 is 1.14 bits per heavy atom. The molecule has 0 heterocycles. The van der Waals surface area contributed by atoms with Crippen LogP contribution in [0.4, 0.5) is 4.39 Å². The van der Waals surface area contributed by atoms with Crippen LogP contribution >= 0.6 is 0 Å². The first-order valence-corrected chi connectivity index (χ1v) is 7.35. The van der Waals surface area contributed by atoms with Crippen molar-refractivity contribution in [2.75, 3.05) is 7.11 Å². The second-order valence-corrected chi connectivity index (χ2v) is 5.66. The molecule has 0 radical (unpaired) electrons. The van der Waals surface area contributed by atoms with E-state index in [0.717, 1.165) is 19.3 Å². The summed E-state index contributed by atoms with van der Waals surface area (Å²) in [5.41, 5.74) is 9.65. The van der Waals surface area contributed by atoms with Gasteiger partial charge >= 0.3 is 0 Å². The molecule has 0 aliphatic heterocycles. The molecule has 0 fully saturated rings. The first kappa shape index (κ1) is 14.1. The SMILES string of the molecule is COc1cccc(C(N)C2CCc3ccccc3C2)c1F. The van der Waals surface area contributed by atoms with Crippen molar-refractivity contribution in [1.82, 2.24) is 0 Å². The zero-order chi connectivity index (χ0) is 14.8. The smallest absolute Gasteiger partial charge is 0.169 e. The van der Waals surface area contributed by atoms with E-state index in [-0.39, 0.29) is 23.5 Å². The summed E-state index contributed by atoms with van der Waals surface area (Å²) in [7, 11) is 1.48. The van der Waals surface area contributed by atoms with Crippen molar-refractivity contribution in [2.24, 2.45) is 11.7 Å². The van der Waals surface area contributed by atoms with Crippen LogP contribution < -0.4 is 10.5 Å². The maximum Gasteiger partial charge on any atom is 0.169 e. The Bertz CT molecular complexity index is 641. The maximum atomic E-state index is 14.4. The maximum absolute atomic E-state index is 14.4. The molecule has 0 saturated heterocycles. The highest BCUT2D eigenvalue weighted by atomic mass is 19.1. The van der Waals surface area contributed by atoms with Gasteiger partial charge in [0.1, 0.15) is 0 Å². The molecule has 2 N–H and O–H groups in total. The van der Waals surface area contributed by atoms with Gasteiger partial charge in [-0.15, -0.1) is 0 Å². The lowest BCUT2D eigenvalue weighted by Crippen LogP contribution is -2.27. The Balaban J connectivity index is 1.85. The van der Waals surface area contributed by atoms with E-state index in [0.29, 0.717) is 5.56 Å². The molecule has 21 heavy (non-hydrogen) atoms. The molecule has 0 saturated carbocycles. The molecule has 2 nitrogen and oxygen atoms in total. The third-order valence-corrected chi connectivity index (χ3v) is 4.47. The highest BCUT2D eigenvalue weighted by Crippen LogP contribution is 2.35. The summed E-state index contributed by atoms with van der Waals surface area (Å²) < 4.78 is 19.4. The first-order chi connectivity index (χ1) is 10.2.